The van der Waals surface area contributed by atoms with Crippen molar-refractivity contribution in [1.82, 2.24) is 4.98 Å². The van der Waals surface area contributed by atoms with Crippen LogP contribution in [0.3, 0.4) is 0 Å². The van der Waals surface area contributed by atoms with Gasteiger partial charge in [0.05, 0.1) is 15.9 Å². The number of rotatable bonds is 7. The van der Waals surface area contributed by atoms with E-state index >= 15 is 0 Å². The van der Waals surface area contributed by atoms with Crippen LogP contribution in [0.1, 0.15) is 0 Å². The maximum absolute atomic E-state index is 6.50. The summed E-state index contributed by atoms with van der Waals surface area (Å²) < 4.78 is 7.65. The van der Waals surface area contributed by atoms with E-state index in [1.54, 1.807) is 11.3 Å². The summed E-state index contributed by atoms with van der Waals surface area (Å²) in [5.41, 5.74) is 14.2. The molecule has 0 fully saturated rings. The second-order valence-electron chi connectivity index (χ2n) is 14.4. The van der Waals surface area contributed by atoms with Crippen LogP contribution < -0.4 is 4.90 Å². The van der Waals surface area contributed by atoms with E-state index in [4.69, 9.17) is 9.40 Å². The number of hydrogen-bond acceptors (Lipinski definition) is 4. The van der Waals surface area contributed by atoms with Gasteiger partial charge in [0, 0.05) is 39.2 Å². The summed E-state index contributed by atoms with van der Waals surface area (Å²) in [5.74, 6) is 0. The molecular formula is C53H34N2OS. The maximum atomic E-state index is 6.50. The average molecular weight is 747 g/mol. The molecule has 4 heteroatoms. The molecule has 0 atom stereocenters. The van der Waals surface area contributed by atoms with Gasteiger partial charge in [-0.2, -0.15) is 0 Å². The van der Waals surface area contributed by atoms with Gasteiger partial charge in [0.1, 0.15) is 16.2 Å². The molecule has 0 aliphatic carbocycles. The van der Waals surface area contributed by atoms with Gasteiger partial charge in [0.15, 0.2) is 0 Å². The Labute approximate surface area is 334 Å². The highest BCUT2D eigenvalue weighted by atomic mass is 32.1. The molecule has 0 unspecified atom stereocenters. The molecule has 11 aromatic rings. The van der Waals surface area contributed by atoms with Crippen LogP contribution in [0.25, 0.3) is 86.9 Å². The number of thiazole rings is 1. The first-order valence-corrected chi connectivity index (χ1v) is 20.0. The molecule has 0 saturated carbocycles. The number of benzene rings is 9. The van der Waals surface area contributed by atoms with Crippen molar-refractivity contribution in [2.24, 2.45) is 0 Å². The van der Waals surface area contributed by atoms with Crippen molar-refractivity contribution in [3.05, 3.63) is 206 Å². The Balaban J connectivity index is 0.980. The van der Waals surface area contributed by atoms with Gasteiger partial charge in [0.2, 0.25) is 0 Å². The Morgan fingerprint density at radius 3 is 1.61 bits per heavy atom. The fourth-order valence-electron chi connectivity index (χ4n) is 8.09. The second kappa shape index (κ2) is 13.8. The fourth-order valence-corrected chi connectivity index (χ4v) is 9.08. The maximum Gasteiger partial charge on any atom is 0.137 e. The van der Waals surface area contributed by atoms with E-state index in [-0.39, 0.29) is 0 Å². The summed E-state index contributed by atoms with van der Waals surface area (Å²) in [6.07, 6.45) is 0. The quantitative estimate of drug-likeness (QED) is 0.163. The molecule has 57 heavy (non-hydrogen) atoms. The highest BCUT2D eigenvalue weighted by Gasteiger charge is 2.19. The van der Waals surface area contributed by atoms with Gasteiger partial charge in [-0.15, -0.1) is 11.3 Å². The number of furan rings is 1. The van der Waals surface area contributed by atoms with Crippen LogP contribution in [0, 0.1) is 0 Å². The molecule has 11 rings (SSSR count). The van der Waals surface area contributed by atoms with Gasteiger partial charge in [-0.05, 0) is 87.3 Å². The summed E-state index contributed by atoms with van der Waals surface area (Å²) in [4.78, 5) is 7.32. The van der Waals surface area contributed by atoms with Crippen molar-refractivity contribution < 1.29 is 4.42 Å². The molecule has 0 aliphatic rings. The van der Waals surface area contributed by atoms with Crippen molar-refractivity contribution in [2.45, 2.75) is 0 Å². The lowest BCUT2D eigenvalue weighted by atomic mass is 9.96. The Morgan fingerprint density at radius 2 is 0.930 bits per heavy atom. The van der Waals surface area contributed by atoms with Gasteiger partial charge in [-0.3, -0.25) is 0 Å². The van der Waals surface area contributed by atoms with Crippen molar-refractivity contribution >= 4 is 71.3 Å². The van der Waals surface area contributed by atoms with Gasteiger partial charge in [-0.25, -0.2) is 4.98 Å². The van der Waals surface area contributed by atoms with E-state index in [9.17, 15) is 0 Å². The van der Waals surface area contributed by atoms with E-state index in [0.29, 0.717) is 0 Å². The summed E-state index contributed by atoms with van der Waals surface area (Å²) >= 11 is 1.72. The molecule has 3 nitrogen and oxygen atoms in total. The first-order chi connectivity index (χ1) is 28.2. The predicted molar refractivity (Wildman–Crippen MR) is 241 cm³/mol. The molecule has 0 N–H and O–H groups in total. The number of fused-ring (bicyclic) bond motifs is 5. The molecule has 0 radical (unpaired) electrons. The Bertz CT molecular complexity index is 3210. The van der Waals surface area contributed by atoms with Crippen LogP contribution in [-0.4, -0.2) is 4.98 Å². The van der Waals surface area contributed by atoms with E-state index in [1.807, 2.05) is 6.07 Å². The zero-order valence-electron chi connectivity index (χ0n) is 30.8. The molecule has 268 valence electrons. The second-order valence-corrected chi connectivity index (χ2v) is 15.4. The van der Waals surface area contributed by atoms with Crippen LogP contribution >= 0.6 is 11.3 Å². The molecule has 2 heterocycles. The number of nitrogens with zero attached hydrogens (tertiary/aromatic N) is 2. The van der Waals surface area contributed by atoms with E-state index in [1.165, 1.54) is 33.0 Å². The third-order valence-corrected chi connectivity index (χ3v) is 12.0. The van der Waals surface area contributed by atoms with Crippen molar-refractivity contribution in [1.29, 1.82) is 0 Å². The molecule has 9 aromatic carbocycles. The van der Waals surface area contributed by atoms with Crippen LogP contribution in [-0.2, 0) is 0 Å². The molecule has 0 spiro atoms. The smallest absolute Gasteiger partial charge is 0.137 e. The van der Waals surface area contributed by atoms with Gasteiger partial charge >= 0.3 is 0 Å². The van der Waals surface area contributed by atoms with Gasteiger partial charge in [0.25, 0.3) is 0 Å². The number of hydrogen-bond donors (Lipinski definition) is 0. The van der Waals surface area contributed by atoms with Crippen molar-refractivity contribution in [2.75, 3.05) is 4.90 Å². The minimum absolute atomic E-state index is 0.856. The zero-order valence-corrected chi connectivity index (χ0v) is 31.7. The topological polar surface area (TPSA) is 29.3 Å². The lowest BCUT2D eigenvalue weighted by Crippen LogP contribution is -2.10. The molecular weight excluding hydrogens is 713 g/mol. The molecule has 0 bridgehead atoms. The first-order valence-electron chi connectivity index (χ1n) is 19.2. The SMILES string of the molecule is c1ccc(-c2ccc(N(c3ccc(-c4ccc5c(c4)oc4cc6nc(-c7ccccc7)sc6cc45)cc3)c3ccc(-c4ccccc4)c4ccccc34)cc2)cc1. The summed E-state index contributed by atoms with van der Waals surface area (Å²) in [5, 5.41) is 5.65. The minimum atomic E-state index is 0.856. The van der Waals surface area contributed by atoms with Crippen LogP contribution in [0.5, 0.6) is 0 Å². The summed E-state index contributed by atoms with van der Waals surface area (Å²) in [6.45, 7) is 0. The highest BCUT2D eigenvalue weighted by molar-refractivity contribution is 7.21. The Hall–Kier alpha value is -7.27. The largest absolute Gasteiger partial charge is 0.456 e. The van der Waals surface area contributed by atoms with Crippen LogP contribution in [0.15, 0.2) is 211 Å². The first kappa shape index (κ1) is 33.1. The summed E-state index contributed by atoms with van der Waals surface area (Å²) in [7, 11) is 0. The van der Waals surface area contributed by atoms with E-state index in [0.717, 1.165) is 70.9 Å². The summed E-state index contributed by atoms with van der Waals surface area (Å²) in [6, 6.07) is 73.5. The van der Waals surface area contributed by atoms with E-state index < -0.39 is 0 Å². The number of aromatic nitrogens is 1. The lowest BCUT2D eigenvalue weighted by molar-refractivity contribution is 0.669. The monoisotopic (exact) mass is 746 g/mol. The Kier molecular flexibility index (Phi) is 8.01. The third kappa shape index (κ3) is 5.95. The number of anilines is 3. The van der Waals surface area contributed by atoms with Crippen LogP contribution in [0.2, 0.25) is 0 Å². The molecule has 2 aromatic heterocycles. The highest BCUT2D eigenvalue weighted by Crippen LogP contribution is 2.43. The lowest BCUT2D eigenvalue weighted by Gasteiger charge is -2.28. The zero-order chi connectivity index (χ0) is 37.7. The fraction of sp³-hybridized carbons (Fsp3) is 0. The van der Waals surface area contributed by atoms with Crippen molar-refractivity contribution in [3.63, 3.8) is 0 Å². The standard InChI is InChI=1S/C53H34N2OS/c1-4-12-35(13-5-1)36-20-25-41(26-21-36)55(49-31-30-43(38-14-6-2-7-15-38)44-18-10-11-19-45(44)49)42-27-22-37(23-28-42)40-24-29-46-47-33-52-48(34-51(47)56-50(46)32-40)54-53(57-52)39-16-8-3-9-17-39/h1-34H. The minimum Gasteiger partial charge on any atom is -0.456 e. The predicted octanol–water partition coefficient (Wildman–Crippen LogP) is 15.5. The van der Waals surface area contributed by atoms with E-state index in [2.05, 4.69) is 205 Å². The average Bonchev–Trinajstić information content (AvgIpc) is 3.87. The Morgan fingerprint density at radius 1 is 0.386 bits per heavy atom. The van der Waals surface area contributed by atoms with Gasteiger partial charge < -0.3 is 9.32 Å². The van der Waals surface area contributed by atoms with Crippen molar-refractivity contribution in [3.8, 4) is 44.0 Å². The van der Waals surface area contributed by atoms with Gasteiger partial charge in [-0.1, -0.05) is 152 Å². The third-order valence-electron chi connectivity index (χ3n) is 10.9. The molecule has 0 amide bonds. The molecule has 0 saturated heterocycles. The van der Waals surface area contributed by atoms with Crippen LogP contribution in [0.4, 0.5) is 17.1 Å². The normalized spacial score (nSPS) is 11.5. The molecule has 0 aliphatic heterocycles.